The highest BCUT2D eigenvalue weighted by Crippen LogP contribution is 2.39. The molecule has 0 aliphatic heterocycles. The van der Waals surface area contributed by atoms with Crippen molar-refractivity contribution in [3.05, 3.63) is 35.4 Å². The Labute approximate surface area is 133 Å². The minimum atomic E-state index is 0.0698. The van der Waals surface area contributed by atoms with Gasteiger partial charge in [-0.3, -0.25) is 0 Å². The molecule has 0 radical (unpaired) electrons. The van der Waals surface area contributed by atoms with Crippen LogP contribution < -0.4 is 10.6 Å². The maximum Gasteiger partial charge on any atom is 0.208 e. The number of benzene rings is 1. The Hall–Kier alpha value is -1.11. The van der Waals surface area contributed by atoms with Gasteiger partial charge in [-0.1, -0.05) is 47.4 Å². The fourth-order valence-electron chi connectivity index (χ4n) is 2.65. The quantitative estimate of drug-likeness (QED) is 0.881. The molecule has 1 aromatic heterocycles. The molecule has 2 aromatic rings. The fourth-order valence-corrected chi connectivity index (χ4v) is 4.87. The number of thioether (sulfide) groups is 1. The monoisotopic (exact) mass is 320 g/mol. The Morgan fingerprint density at radius 3 is 2.86 bits per heavy atom. The van der Waals surface area contributed by atoms with Gasteiger partial charge in [-0.05, 0) is 30.4 Å². The fraction of sp³-hybridized carbons (Fsp3) is 0.467. The van der Waals surface area contributed by atoms with Crippen LogP contribution in [0.3, 0.4) is 0 Å². The average Bonchev–Trinajstić information content (AvgIpc) is 2.89. The molecule has 1 heterocycles. The number of nitrogens with zero attached hydrogens (tertiary/aromatic N) is 3. The summed E-state index contributed by atoms with van der Waals surface area (Å²) in [5.74, 6) is 0. The van der Waals surface area contributed by atoms with Crippen LogP contribution in [0, 0.1) is 0 Å². The van der Waals surface area contributed by atoms with Gasteiger partial charge in [0.1, 0.15) is 0 Å². The third-order valence-electron chi connectivity index (χ3n) is 3.78. The summed E-state index contributed by atoms with van der Waals surface area (Å²) in [5, 5.41) is 9.81. The van der Waals surface area contributed by atoms with Gasteiger partial charge in [-0.25, -0.2) is 0 Å². The van der Waals surface area contributed by atoms with E-state index in [0.29, 0.717) is 5.25 Å². The van der Waals surface area contributed by atoms with Gasteiger partial charge in [0, 0.05) is 25.4 Å². The van der Waals surface area contributed by atoms with Crippen molar-refractivity contribution in [2.24, 2.45) is 5.73 Å². The topological polar surface area (TPSA) is 55.0 Å². The van der Waals surface area contributed by atoms with Gasteiger partial charge in [-0.15, -0.1) is 10.2 Å². The highest BCUT2D eigenvalue weighted by molar-refractivity contribution is 8.01. The largest absolute Gasteiger partial charge is 0.353 e. The third kappa shape index (κ3) is 3.22. The van der Waals surface area contributed by atoms with Crippen LogP contribution in [0.1, 0.15) is 30.0 Å². The van der Waals surface area contributed by atoms with Crippen molar-refractivity contribution in [1.29, 1.82) is 0 Å². The van der Waals surface area contributed by atoms with Crippen molar-refractivity contribution in [2.75, 3.05) is 19.0 Å². The first kappa shape index (κ1) is 14.8. The molecule has 0 bridgehead atoms. The lowest BCUT2D eigenvalue weighted by atomic mass is 10.00. The summed E-state index contributed by atoms with van der Waals surface area (Å²) in [7, 11) is 3.98. The van der Waals surface area contributed by atoms with Crippen LogP contribution >= 0.6 is 23.1 Å². The van der Waals surface area contributed by atoms with Crippen LogP contribution in [-0.2, 0) is 6.42 Å². The van der Waals surface area contributed by atoms with Crippen LogP contribution in [0.15, 0.2) is 28.6 Å². The Morgan fingerprint density at radius 2 is 2.10 bits per heavy atom. The lowest BCUT2D eigenvalue weighted by molar-refractivity contribution is 0.632. The zero-order valence-electron chi connectivity index (χ0n) is 12.3. The van der Waals surface area contributed by atoms with E-state index in [0.717, 1.165) is 22.3 Å². The van der Waals surface area contributed by atoms with Gasteiger partial charge in [-0.2, -0.15) is 0 Å². The summed E-state index contributed by atoms with van der Waals surface area (Å²) in [6.45, 7) is 0. The maximum absolute atomic E-state index is 6.53. The predicted molar refractivity (Wildman–Crippen MR) is 90.2 cm³/mol. The lowest BCUT2D eigenvalue weighted by Gasteiger charge is -2.21. The van der Waals surface area contributed by atoms with Crippen LogP contribution in [0.2, 0.25) is 0 Å². The highest BCUT2D eigenvalue weighted by Gasteiger charge is 2.26. The van der Waals surface area contributed by atoms with Gasteiger partial charge in [0.05, 0.1) is 0 Å². The second-order valence-corrected chi connectivity index (χ2v) is 7.96. The molecule has 0 amide bonds. The first-order valence-corrected chi connectivity index (χ1v) is 8.85. The summed E-state index contributed by atoms with van der Waals surface area (Å²) in [5.41, 5.74) is 9.23. The number of aromatic nitrogens is 2. The van der Waals surface area contributed by atoms with Gasteiger partial charge in [0.15, 0.2) is 4.34 Å². The minimum Gasteiger partial charge on any atom is -0.353 e. The smallest absolute Gasteiger partial charge is 0.208 e. The first-order chi connectivity index (χ1) is 10.1. The molecule has 6 heteroatoms. The lowest BCUT2D eigenvalue weighted by Crippen LogP contribution is -2.23. The molecule has 0 saturated heterocycles. The normalized spacial score (nSPS) is 21.7. The summed E-state index contributed by atoms with van der Waals surface area (Å²) in [6, 6.07) is 8.63. The molecule has 2 atom stereocenters. The van der Waals surface area contributed by atoms with Crippen LogP contribution in [-0.4, -0.2) is 29.5 Å². The molecule has 4 nitrogen and oxygen atoms in total. The Bertz CT molecular complexity index is 611. The zero-order valence-corrected chi connectivity index (χ0v) is 14.0. The average molecular weight is 320 g/mol. The van der Waals surface area contributed by atoms with E-state index in [1.54, 1.807) is 23.1 Å². The van der Waals surface area contributed by atoms with Crippen molar-refractivity contribution in [2.45, 2.75) is 34.9 Å². The molecule has 1 aromatic carbocycles. The molecule has 21 heavy (non-hydrogen) atoms. The van der Waals surface area contributed by atoms with E-state index >= 15 is 0 Å². The van der Waals surface area contributed by atoms with Crippen LogP contribution in [0.4, 0.5) is 5.13 Å². The standard InChI is InChI=1S/C15H20N4S2/c1-19(2)14-17-18-15(21-14)20-12-9-5-7-10-6-3-4-8-11(10)13(12)16/h3-4,6,8,12-13H,5,7,9,16H2,1-2H3. The van der Waals surface area contributed by atoms with E-state index in [9.17, 15) is 0 Å². The molecule has 0 saturated carbocycles. The molecule has 3 rings (SSSR count). The zero-order chi connectivity index (χ0) is 14.8. The van der Waals surface area contributed by atoms with E-state index in [2.05, 4.69) is 34.5 Å². The van der Waals surface area contributed by atoms with E-state index in [4.69, 9.17) is 5.73 Å². The number of hydrogen-bond acceptors (Lipinski definition) is 6. The van der Waals surface area contributed by atoms with Gasteiger partial charge in [0.25, 0.3) is 0 Å². The summed E-state index contributed by atoms with van der Waals surface area (Å²) in [6.07, 6.45) is 3.43. The van der Waals surface area contributed by atoms with Crippen molar-refractivity contribution in [3.63, 3.8) is 0 Å². The maximum atomic E-state index is 6.53. The highest BCUT2D eigenvalue weighted by atomic mass is 32.2. The van der Waals surface area contributed by atoms with E-state index in [1.807, 2.05) is 19.0 Å². The third-order valence-corrected chi connectivity index (χ3v) is 6.32. The van der Waals surface area contributed by atoms with Crippen molar-refractivity contribution >= 4 is 28.2 Å². The number of nitrogens with two attached hydrogens (primary N) is 1. The van der Waals surface area contributed by atoms with Gasteiger partial charge < -0.3 is 10.6 Å². The second kappa shape index (κ2) is 6.34. The van der Waals surface area contributed by atoms with Crippen LogP contribution in [0.5, 0.6) is 0 Å². The molecule has 1 aliphatic rings. The Kier molecular flexibility index (Phi) is 4.47. The van der Waals surface area contributed by atoms with E-state index in [1.165, 1.54) is 17.5 Å². The number of hydrogen-bond donors (Lipinski definition) is 1. The number of aryl methyl sites for hydroxylation is 1. The van der Waals surface area contributed by atoms with Crippen LogP contribution in [0.25, 0.3) is 0 Å². The first-order valence-electron chi connectivity index (χ1n) is 7.16. The number of anilines is 1. The second-order valence-electron chi connectivity index (χ2n) is 5.52. The predicted octanol–water partition coefficient (Wildman–Crippen LogP) is 3.10. The molecule has 0 spiro atoms. The molecule has 1 aliphatic carbocycles. The van der Waals surface area contributed by atoms with Gasteiger partial charge >= 0.3 is 0 Å². The molecule has 2 unspecified atom stereocenters. The SMILES string of the molecule is CN(C)c1nnc(SC2CCCc3ccccc3C2N)s1. The van der Waals surface area contributed by atoms with E-state index < -0.39 is 0 Å². The summed E-state index contributed by atoms with van der Waals surface area (Å²) >= 11 is 3.42. The number of rotatable bonds is 3. The Balaban J connectivity index is 1.79. The molecule has 0 fully saturated rings. The molecular weight excluding hydrogens is 300 g/mol. The van der Waals surface area contributed by atoms with Crippen molar-refractivity contribution < 1.29 is 0 Å². The van der Waals surface area contributed by atoms with E-state index in [-0.39, 0.29) is 6.04 Å². The Morgan fingerprint density at radius 1 is 1.29 bits per heavy atom. The van der Waals surface area contributed by atoms with Gasteiger partial charge in [0.2, 0.25) is 5.13 Å². The van der Waals surface area contributed by atoms with Crippen molar-refractivity contribution in [1.82, 2.24) is 10.2 Å². The van der Waals surface area contributed by atoms with Crippen molar-refractivity contribution in [3.8, 4) is 0 Å². The number of fused-ring (bicyclic) bond motifs is 1. The molecular formula is C15H20N4S2. The minimum absolute atomic E-state index is 0.0698. The summed E-state index contributed by atoms with van der Waals surface area (Å²) in [4.78, 5) is 1.99. The molecule has 112 valence electrons. The summed E-state index contributed by atoms with van der Waals surface area (Å²) < 4.78 is 1.01. The molecule has 2 N–H and O–H groups in total.